The van der Waals surface area contributed by atoms with Gasteiger partial charge in [-0.05, 0) is 25.1 Å². The third-order valence-corrected chi connectivity index (χ3v) is 3.07. The lowest BCUT2D eigenvalue weighted by Crippen LogP contribution is -2.16. The van der Waals surface area contributed by atoms with Crippen LogP contribution in [0.2, 0.25) is 5.02 Å². The van der Waals surface area contributed by atoms with E-state index >= 15 is 0 Å². The average molecular weight is 292 g/mol. The number of nitrogens with two attached hydrogens (primary N) is 1. The van der Waals surface area contributed by atoms with Gasteiger partial charge < -0.3 is 15.7 Å². The van der Waals surface area contributed by atoms with Gasteiger partial charge in [-0.2, -0.15) is 0 Å². The Morgan fingerprint density at radius 3 is 2.80 bits per heavy atom. The number of rotatable bonds is 4. The molecule has 0 unspecified atom stereocenters. The van der Waals surface area contributed by atoms with Crippen LogP contribution in [-0.2, 0) is 6.61 Å². The quantitative estimate of drug-likeness (QED) is 0.393. The van der Waals surface area contributed by atoms with Crippen LogP contribution in [0.3, 0.4) is 0 Å². The molecule has 1 aromatic carbocycles. The first-order valence-electron chi connectivity index (χ1n) is 5.93. The van der Waals surface area contributed by atoms with Crippen molar-refractivity contribution in [2.75, 3.05) is 0 Å². The van der Waals surface area contributed by atoms with Crippen molar-refractivity contribution in [2.24, 2.45) is 10.9 Å². The van der Waals surface area contributed by atoms with Crippen molar-refractivity contribution in [3.63, 3.8) is 0 Å². The third kappa shape index (κ3) is 3.19. The fourth-order valence-corrected chi connectivity index (χ4v) is 1.84. The van der Waals surface area contributed by atoms with Gasteiger partial charge in [0.2, 0.25) is 5.88 Å². The predicted molar refractivity (Wildman–Crippen MR) is 77.3 cm³/mol. The smallest absolute Gasteiger partial charge is 0.225 e. The van der Waals surface area contributed by atoms with Crippen LogP contribution in [0.15, 0.2) is 41.6 Å². The monoisotopic (exact) mass is 291 g/mol. The molecule has 0 saturated carbocycles. The molecule has 3 N–H and O–H groups in total. The average Bonchev–Trinajstić information content (AvgIpc) is 2.46. The number of hydrogen-bond acceptors (Lipinski definition) is 4. The molecule has 0 atom stereocenters. The van der Waals surface area contributed by atoms with Gasteiger partial charge in [0.05, 0.1) is 5.56 Å². The van der Waals surface area contributed by atoms with E-state index < -0.39 is 0 Å². The second kappa shape index (κ2) is 6.25. The van der Waals surface area contributed by atoms with Gasteiger partial charge in [0.1, 0.15) is 6.61 Å². The zero-order valence-electron chi connectivity index (χ0n) is 10.9. The van der Waals surface area contributed by atoms with Gasteiger partial charge in [-0.15, -0.1) is 0 Å². The summed E-state index contributed by atoms with van der Waals surface area (Å²) in [6.07, 6.45) is 0. The van der Waals surface area contributed by atoms with Crippen molar-refractivity contribution in [2.45, 2.75) is 13.5 Å². The summed E-state index contributed by atoms with van der Waals surface area (Å²) in [6.45, 7) is 2.08. The maximum Gasteiger partial charge on any atom is 0.225 e. The van der Waals surface area contributed by atoms with Gasteiger partial charge in [-0.3, -0.25) is 0 Å². The molecule has 6 heteroatoms. The summed E-state index contributed by atoms with van der Waals surface area (Å²) in [5.41, 5.74) is 7.64. The number of aromatic nitrogens is 1. The summed E-state index contributed by atoms with van der Waals surface area (Å²) in [7, 11) is 0. The Labute approximate surface area is 121 Å². The van der Waals surface area contributed by atoms with E-state index in [9.17, 15) is 0 Å². The van der Waals surface area contributed by atoms with Crippen LogP contribution in [0, 0.1) is 6.92 Å². The molecule has 104 valence electrons. The van der Waals surface area contributed by atoms with E-state index in [0.29, 0.717) is 16.5 Å². The third-order valence-electron chi connectivity index (χ3n) is 2.71. The van der Waals surface area contributed by atoms with Gasteiger partial charge in [0.25, 0.3) is 0 Å². The Balaban J connectivity index is 2.25. The predicted octanol–water partition coefficient (Wildman–Crippen LogP) is 2.72. The first-order valence-corrected chi connectivity index (χ1v) is 6.31. The molecule has 0 fully saturated rings. The Bertz CT molecular complexity index is 644. The van der Waals surface area contributed by atoms with Gasteiger partial charge in [0, 0.05) is 16.3 Å². The largest absolute Gasteiger partial charge is 0.472 e. The van der Waals surface area contributed by atoms with Crippen LogP contribution in [-0.4, -0.2) is 16.0 Å². The molecule has 20 heavy (non-hydrogen) atoms. The molecule has 0 radical (unpaired) electrons. The van der Waals surface area contributed by atoms with Crippen LogP contribution in [0.1, 0.15) is 16.8 Å². The molecule has 1 aromatic heterocycles. The topological polar surface area (TPSA) is 80.7 Å². The standard InChI is InChI=1S/C14H14ClN3O2/c1-9-6-7-11(13(16)18-19)14(17-9)20-8-10-4-2-3-5-12(10)15/h2-7,19H,8H2,1H3,(H2,16,18). The van der Waals surface area contributed by atoms with Crippen molar-refractivity contribution in [3.05, 3.63) is 58.2 Å². The SMILES string of the molecule is Cc1ccc(C(N)=NO)c(OCc2ccccc2Cl)n1. The molecular weight excluding hydrogens is 278 g/mol. The van der Waals surface area contributed by atoms with Crippen LogP contribution >= 0.6 is 11.6 Å². The number of halogens is 1. The minimum atomic E-state index is -0.0494. The first kappa shape index (κ1) is 14.1. The van der Waals surface area contributed by atoms with E-state index in [1.165, 1.54) is 0 Å². The second-order valence-electron chi connectivity index (χ2n) is 4.17. The number of ether oxygens (including phenoxy) is 1. The highest BCUT2D eigenvalue weighted by atomic mass is 35.5. The van der Waals surface area contributed by atoms with Crippen LogP contribution in [0.5, 0.6) is 5.88 Å². The number of amidine groups is 1. The normalized spacial score (nSPS) is 11.4. The molecule has 0 bridgehead atoms. The van der Waals surface area contributed by atoms with E-state index in [1.54, 1.807) is 18.2 Å². The number of pyridine rings is 1. The molecule has 1 heterocycles. The Morgan fingerprint density at radius 2 is 2.10 bits per heavy atom. The zero-order chi connectivity index (χ0) is 14.5. The maximum absolute atomic E-state index is 8.77. The van der Waals surface area contributed by atoms with Crippen molar-refractivity contribution in [1.82, 2.24) is 4.98 Å². The summed E-state index contributed by atoms with van der Waals surface area (Å²) in [4.78, 5) is 4.25. The van der Waals surface area contributed by atoms with Gasteiger partial charge in [0.15, 0.2) is 5.84 Å². The molecule has 5 nitrogen and oxygen atoms in total. The van der Waals surface area contributed by atoms with Crippen molar-refractivity contribution >= 4 is 17.4 Å². The molecule has 0 saturated heterocycles. The van der Waals surface area contributed by atoms with E-state index in [1.807, 2.05) is 25.1 Å². The fraction of sp³-hybridized carbons (Fsp3) is 0.143. The van der Waals surface area contributed by atoms with E-state index in [-0.39, 0.29) is 12.4 Å². The summed E-state index contributed by atoms with van der Waals surface area (Å²) < 4.78 is 5.64. The molecule has 2 aromatic rings. The molecule has 0 aliphatic carbocycles. The number of nitrogens with zero attached hydrogens (tertiary/aromatic N) is 2. The lowest BCUT2D eigenvalue weighted by molar-refractivity contribution is 0.291. The number of oxime groups is 1. The van der Waals surface area contributed by atoms with E-state index in [2.05, 4.69) is 10.1 Å². The minimum Gasteiger partial charge on any atom is -0.472 e. The molecule has 0 aliphatic rings. The van der Waals surface area contributed by atoms with E-state index in [0.717, 1.165) is 11.3 Å². The zero-order valence-corrected chi connectivity index (χ0v) is 11.6. The summed E-state index contributed by atoms with van der Waals surface area (Å²) in [6, 6.07) is 10.8. The lowest BCUT2D eigenvalue weighted by Gasteiger charge is -2.11. The fourth-order valence-electron chi connectivity index (χ4n) is 1.65. The minimum absolute atomic E-state index is 0.0494. The Kier molecular flexibility index (Phi) is 4.42. The van der Waals surface area contributed by atoms with Crippen LogP contribution in [0.25, 0.3) is 0 Å². The highest BCUT2D eigenvalue weighted by molar-refractivity contribution is 6.31. The highest BCUT2D eigenvalue weighted by Crippen LogP contribution is 2.20. The van der Waals surface area contributed by atoms with Crippen LogP contribution < -0.4 is 10.5 Å². The van der Waals surface area contributed by atoms with E-state index in [4.69, 9.17) is 27.3 Å². The van der Waals surface area contributed by atoms with Gasteiger partial charge in [-0.25, -0.2) is 4.98 Å². The summed E-state index contributed by atoms with van der Waals surface area (Å²) >= 11 is 6.06. The summed E-state index contributed by atoms with van der Waals surface area (Å²) in [5.74, 6) is 0.256. The molecule has 0 spiro atoms. The number of aryl methyl sites for hydroxylation is 1. The Morgan fingerprint density at radius 1 is 1.35 bits per heavy atom. The Hall–Kier alpha value is -2.27. The molecular formula is C14H14ClN3O2. The van der Waals surface area contributed by atoms with Crippen molar-refractivity contribution in [3.8, 4) is 5.88 Å². The van der Waals surface area contributed by atoms with Crippen molar-refractivity contribution < 1.29 is 9.94 Å². The molecule has 0 aliphatic heterocycles. The highest BCUT2D eigenvalue weighted by Gasteiger charge is 2.11. The van der Waals surface area contributed by atoms with Gasteiger partial charge in [-0.1, -0.05) is 35.0 Å². The van der Waals surface area contributed by atoms with Gasteiger partial charge >= 0.3 is 0 Å². The van der Waals surface area contributed by atoms with Crippen molar-refractivity contribution in [1.29, 1.82) is 0 Å². The van der Waals surface area contributed by atoms with Crippen LogP contribution in [0.4, 0.5) is 0 Å². The number of benzene rings is 1. The number of hydrogen-bond donors (Lipinski definition) is 2. The second-order valence-corrected chi connectivity index (χ2v) is 4.58. The maximum atomic E-state index is 8.77. The lowest BCUT2D eigenvalue weighted by atomic mass is 10.2. The summed E-state index contributed by atoms with van der Waals surface area (Å²) in [5, 5.41) is 12.4. The first-order chi connectivity index (χ1) is 9.61. The molecule has 0 amide bonds. The molecule has 2 rings (SSSR count).